The first-order chi connectivity index (χ1) is 15.0. The lowest BCUT2D eigenvalue weighted by molar-refractivity contribution is -0.127. The predicted molar refractivity (Wildman–Crippen MR) is 118 cm³/mol. The van der Waals surface area contributed by atoms with Gasteiger partial charge in [0.15, 0.2) is 11.5 Å². The lowest BCUT2D eigenvalue weighted by Gasteiger charge is -2.20. The van der Waals surface area contributed by atoms with Gasteiger partial charge in [0.05, 0.1) is 5.69 Å². The summed E-state index contributed by atoms with van der Waals surface area (Å²) in [5.74, 6) is 0.0819. The second-order valence-electron chi connectivity index (χ2n) is 7.39. The zero-order valence-corrected chi connectivity index (χ0v) is 17.6. The van der Waals surface area contributed by atoms with Crippen molar-refractivity contribution in [2.24, 2.45) is 0 Å². The third-order valence-corrected chi connectivity index (χ3v) is 5.53. The first-order valence-corrected chi connectivity index (χ1v) is 10.5. The largest absolute Gasteiger partial charge is 0.449 e. The average Bonchev–Trinajstić information content (AvgIpc) is 3.17. The number of likely N-dealkylation sites (tertiary alicyclic amines) is 1. The Kier molecular flexibility index (Phi) is 6.23. The molecular formula is C23H22ClN3O4. The maximum atomic E-state index is 12.4. The van der Waals surface area contributed by atoms with E-state index in [1.807, 2.05) is 11.0 Å². The summed E-state index contributed by atoms with van der Waals surface area (Å²) < 4.78 is 5.72. The van der Waals surface area contributed by atoms with Gasteiger partial charge in [-0.2, -0.15) is 0 Å². The van der Waals surface area contributed by atoms with Crippen molar-refractivity contribution >= 4 is 41.1 Å². The van der Waals surface area contributed by atoms with Crippen LogP contribution in [0.2, 0.25) is 5.02 Å². The van der Waals surface area contributed by atoms with Crippen molar-refractivity contribution in [3.8, 4) is 5.75 Å². The molecule has 1 fully saturated rings. The van der Waals surface area contributed by atoms with Gasteiger partial charge in [0.2, 0.25) is 5.91 Å². The molecule has 3 amide bonds. The number of nitrogens with one attached hydrogen (secondary N) is 2. The molecule has 1 saturated heterocycles. The van der Waals surface area contributed by atoms with Crippen molar-refractivity contribution in [1.29, 1.82) is 0 Å². The number of carbonyl (C=O) groups is 3. The van der Waals surface area contributed by atoms with E-state index in [1.54, 1.807) is 42.5 Å². The molecular weight excluding hydrogens is 418 g/mol. The van der Waals surface area contributed by atoms with Crippen LogP contribution in [0.3, 0.4) is 0 Å². The number of carbonyl (C=O) groups excluding carboxylic acids is 3. The van der Waals surface area contributed by atoms with Crippen LogP contribution in [-0.4, -0.2) is 42.3 Å². The van der Waals surface area contributed by atoms with E-state index in [9.17, 15) is 14.4 Å². The SMILES string of the molecule is O=C1Nc2cc(C(=O)NCCCN3CCCC3=O)ccc2OC1=Cc1ccccc1Cl. The number of ether oxygens (including phenoxy) is 1. The van der Waals surface area contributed by atoms with Gasteiger partial charge in [-0.3, -0.25) is 14.4 Å². The first-order valence-electron chi connectivity index (χ1n) is 10.2. The number of fused-ring (bicyclic) bond motifs is 1. The van der Waals surface area contributed by atoms with Gasteiger partial charge in [0, 0.05) is 36.6 Å². The number of halogens is 1. The summed E-state index contributed by atoms with van der Waals surface area (Å²) in [5.41, 5.74) is 1.51. The molecule has 8 heteroatoms. The van der Waals surface area contributed by atoms with Gasteiger partial charge in [-0.15, -0.1) is 0 Å². The lowest BCUT2D eigenvalue weighted by atomic mass is 10.1. The van der Waals surface area contributed by atoms with Gasteiger partial charge in [-0.25, -0.2) is 0 Å². The second kappa shape index (κ2) is 9.22. The molecule has 160 valence electrons. The minimum absolute atomic E-state index is 0.120. The quantitative estimate of drug-likeness (QED) is 0.533. The molecule has 0 saturated carbocycles. The molecule has 2 aromatic carbocycles. The molecule has 0 aliphatic carbocycles. The highest BCUT2D eigenvalue weighted by molar-refractivity contribution is 6.32. The topological polar surface area (TPSA) is 87.7 Å². The summed E-state index contributed by atoms with van der Waals surface area (Å²) in [6, 6.07) is 12.0. The Bertz CT molecular complexity index is 1070. The third-order valence-electron chi connectivity index (χ3n) is 5.19. The van der Waals surface area contributed by atoms with Gasteiger partial charge < -0.3 is 20.3 Å². The smallest absolute Gasteiger partial charge is 0.291 e. The number of rotatable bonds is 6. The Balaban J connectivity index is 1.37. The Morgan fingerprint density at radius 2 is 2.06 bits per heavy atom. The van der Waals surface area contributed by atoms with Crippen LogP contribution in [0.1, 0.15) is 35.2 Å². The fraction of sp³-hybridized carbons (Fsp3) is 0.261. The van der Waals surface area contributed by atoms with Gasteiger partial charge in [-0.05, 0) is 48.7 Å². The molecule has 2 heterocycles. The summed E-state index contributed by atoms with van der Waals surface area (Å²) in [7, 11) is 0. The minimum Gasteiger partial charge on any atom is -0.449 e. The molecule has 0 atom stereocenters. The van der Waals surface area contributed by atoms with Crippen LogP contribution in [0, 0.1) is 0 Å². The minimum atomic E-state index is -0.416. The van der Waals surface area contributed by atoms with Crippen molar-refractivity contribution in [2.75, 3.05) is 25.0 Å². The fourth-order valence-electron chi connectivity index (χ4n) is 3.55. The van der Waals surface area contributed by atoms with E-state index in [0.717, 1.165) is 13.0 Å². The Morgan fingerprint density at radius 1 is 1.23 bits per heavy atom. The molecule has 0 radical (unpaired) electrons. The van der Waals surface area contributed by atoms with Crippen molar-refractivity contribution in [3.05, 3.63) is 64.4 Å². The number of nitrogens with zero attached hydrogens (tertiary/aromatic N) is 1. The molecule has 2 aliphatic heterocycles. The number of hydrogen-bond acceptors (Lipinski definition) is 4. The molecule has 2 aromatic rings. The average molecular weight is 440 g/mol. The maximum absolute atomic E-state index is 12.4. The summed E-state index contributed by atoms with van der Waals surface area (Å²) >= 11 is 6.15. The van der Waals surface area contributed by atoms with E-state index < -0.39 is 5.91 Å². The highest BCUT2D eigenvalue weighted by Gasteiger charge is 2.24. The molecule has 4 rings (SSSR count). The first kappa shape index (κ1) is 20.9. The summed E-state index contributed by atoms with van der Waals surface area (Å²) in [5, 5.41) is 6.11. The monoisotopic (exact) mass is 439 g/mol. The van der Waals surface area contributed by atoms with E-state index in [1.165, 1.54) is 0 Å². The van der Waals surface area contributed by atoms with E-state index >= 15 is 0 Å². The zero-order valence-electron chi connectivity index (χ0n) is 16.8. The number of anilines is 1. The molecule has 0 spiro atoms. The van der Waals surface area contributed by atoms with Crippen LogP contribution in [0.15, 0.2) is 48.2 Å². The van der Waals surface area contributed by atoms with Crippen LogP contribution in [0.25, 0.3) is 6.08 Å². The molecule has 0 unspecified atom stereocenters. The van der Waals surface area contributed by atoms with Gasteiger partial charge >= 0.3 is 0 Å². The second-order valence-corrected chi connectivity index (χ2v) is 7.80. The molecule has 0 aromatic heterocycles. The van der Waals surface area contributed by atoms with E-state index in [0.29, 0.717) is 53.5 Å². The van der Waals surface area contributed by atoms with Crippen LogP contribution >= 0.6 is 11.6 Å². The fourth-order valence-corrected chi connectivity index (χ4v) is 3.74. The van der Waals surface area contributed by atoms with E-state index in [-0.39, 0.29) is 17.6 Å². The van der Waals surface area contributed by atoms with Gasteiger partial charge in [0.25, 0.3) is 11.8 Å². The van der Waals surface area contributed by atoms with E-state index in [4.69, 9.17) is 16.3 Å². The number of hydrogen-bond donors (Lipinski definition) is 2. The van der Waals surface area contributed by atoms with Crippen molar-refractivity contribution in [2.45, 2.75) is 19.3 Å². The standard InChI is InChI=1S/C23H22ClN3O4/c24-17-6-2-1-5-15(17)14-20-23(30)26-18-13-16(8-9-19(18)31-20)22(29)25-10-4-12-27-11-3-7-21(27)28/h1-2,5-6,8-9,13-14H,3-4,7,10-12H2,(H,25,29)(H,26,30). The summed E-state index contributed by atoms with van der Waals surface area (Å²) in [6.07, 6.45) is 3.79. The maximum Gasteiger partial charge on any atom is 0.291 e. The van der Waals surface area contributed by atoms with Crippen molar-refractivity contribution in [3.63, 3.8) is 0 Å². The van der Waals surface area contributed by atoms with Crippen LogP contribution in [-0.2, 0) is 9.59 Å². The van der Waals surface area contributed by atoms with Crippen LogP contribution < -0.4 is 15.4 Å². The predicted octanol–water partition coefficient (Wildman–Crippen LogP) is 3.45. The van der Waals surface area contributed by atoms with Crippen molar-refractivity contribution in [1.82, 2.24) is 10.2 Å². The number of benzene rings is 2. The lowest BCUT2D eigenvalue weighted by Crippen LogP contribution is -2.30. The Morgan fingerprint density at radius 3 is 2.84 bits per heavy atom. The van der Waals surface area contributed by atoms with E-state index in [2.05, 4.69) is 10.6 Å². The van der Waals surface area contributed by atoms with Crippen LogP contribution in [0.5, 0.6) is 5.75 Å². The van der Waals surface area contributed by atoms with Crippen LogP contribution in [0.4, 0.5) is 5.69 Å². The molecule has 0 bridgehead atoms. The Hall–Kier alpha value is -3.32. The third kappa shape index (κ3) is 4.88. The highest BCUT2D eigenvalue weighted by atomic mass is 35.5. The zero-order chi connectivity index (χ0) is 21.8. The number of amides is 3. The summed E-state index contributed by atoms with van der Waals surface area (Å²) in [4.78, 5) is 38.3. The normalized spacial score (nSPS) is 16.7. The molecule has 2 N–H and O–H groups in total. The molecule has 2 aliphatic rings. The molecule has 7 nitrogen and oxygen atoms in total. The van der Waals surface area contributed by atoms with Gasteiger partial charge in [0.1, 0.15) is 0 Å². The summed E-state index contributed by atoms with van der Waals surface area (Å²) in [6.45, 7) is 1.91. The van der Waals surface area contributed by atoms with Crippen molar-refractivity contribution < 1.29 is 19.1 Å². The van der Waals surface area contributed by atoms with Gasteiger partial charge in [-0.1, -0.05) is 29.8 Å². The Labute approximate surface area is 185 Å². The molecule has 31 heavy (non-hydrogen) atoms. The highest BCUT2D eigenvalue weighted by Crippen LogP contribution is 2.33.